The first-order valence-corrected chi connectivity index (χ1v) is 8.50. The van der Waals surface area contributed by atoms with E-state index in [1.807, 2.05) is 30.3 Å². The number of rotatable bonds is 4. The molecule has 21 heavy (non-hydrogen) atoms. The van der Waals surface area contributed by atoms with Gasteiger partial charge >= 0.3 is 0 Å². The number of carbonyl (C=O) groups excluding carboxylic acids is 1. The van der Waals surface area contributed by atoms with Crippen molar-refractivity contribution in [3.05, 3.63) is 55.7 Å². The van der Waals surface area contributed by atoms with Crippen LogP contribution >= 0.6 is 43.2 Å². The van der Waals surface area contributed by atoms with Gasteiger partial charge in [-0.05, 0) is 50.1 Å². The predicted molar refractivity (Wildman–Crippen MR) is 91.3 cm³/mol. The number of fused-ring (bicyclic) bond motifs is 1. The number of thiophene rings is 1. The first kappa shape index (κ1) is 14.7. The molecule has 0 amide bonds. The molecule has 0 saturated heterocycles. The lowest BCUT2D eigenvalue weighted by Gasteiger charge is -2.07. The molecule has 1 aromatic carbocycles. The molecule has 0 aliphatic carbocycles. The van der Waals surface area contributed by atoms with Gasteiger partial charge in [0.25, 0.3) is 0 Å². The Morgan fingerprint density at radius 3 is 2.81 bits per heavy atom. The van der Waals surface area contributed by atoms with E-state index in [-0.39, 0.29) is 12.4 Å². The molecule has 0 saturated carbocycles. The Morgan fingerprint density at radius 2 is 2.05 bits per heavy atom. The summed E-state index contributed by atoms with van der Waals surface area (Å²) in [6, 6.07) is 11.3. The van der Waals surface area contributed by atoms with Crippen LogP contribution in [0.5, 0.6) is 5.75 Å². The average Bonchev–Trinajstić information content (AvgIpc) is 2.83. The van der Waals surface area contributed by atoms with Gasteiger partial charge in [0, 0.05) is 17.1 Å². The highest BCUT2D eigenvalue weighted by Gasteiger charge is 2.15. The summed E-state index contributed by atoms with van der Waals surface area (Å²) in [5, 5.41) is 0.988. The molecule has 106 valence electrons. The van der Waals surface area contributed by atoms with Crippen LogP contribution in [0.15, 0.2) is 50.2 Å². The molecule has 0 spiro atoms. The normalized spacial score (nSPS) is 10.8. The Morgan fingerprint density at radius 1 is 1.24 bits per heavy atom. The second kappa shape index (κ2) is 6.25. The van der Waals surface area contributed by atoms with E-state index in [2.05, 4.69) is 36.8 Å². The van der Waals surface area contributed by atoms with Crippen molar-refractivity contribution in [1.29, 1.82) is 0 Å². The maximum absolute atomic E-state index is 12.2. The van der Waals surface area contributed by atoms with Crippen molar-refractivity contribution in [2.75, 3.05) is 6.61 Å². The average molecular weight is 427 g/mol. The Labute approximate surface area is 142 Å². The molecule has 0 unspecified atom stereocenters. The zero-order valence-electron chi connectivity index (χ0n) is 10.7. The summed E-state index contributed by atoms with van der Waals surface area (Å²) in [5.74, 6) is 0.545. The van der Waals surface area contributed by atoms with Crippen LogP contribution in [-0.2, 0) is 0 Å². The smallest absolute Gasteiger partial charge is 0.202 e. The number of hydrogen-bond donors (Lipinski definition) is 0. The van der Waals surface area contributed by atoms with E-state index in [1.165, 1.54) is 11.3 Å². The van der Waals surface area contributed by atoms with E-state index in [4.69, 9.17) is 4.74 Å². The second-order valence-electron chi connectivity index (χ2n) is 4.28. The quantitative estimate of drug-likeness (QED) is 0.546. The number of pyridine rings is 1. The van der Waals surface area contributed by atoms with Crippen LogP contribution in [0.3, 0.4) is 0 Å². The van der Waals surface area contributed by atoms with Gasteiger partial charge in [0.05, 0.1) is 7.57 Å². The first-order valence-electron chi connectivity index (χ1n) is 6.10. The highest BCUT2D eigenvalue weighted by molar-refractivity contribution is 9.12. The van der Waals surface area contributed by atoms with E-state index >= 15 is 0 Å². The fourth-order valence-corrected chi connectivity index (χ4v) is 4.80. The first-order chi connectivity index (χ1) is 10.1. The molecule has 0 bridgehead atoms. The van der Waals surface area contributed by atoms with Crippen LogP contribution in [-0.4, -0.2) is 17.4 Å². The van der Waals surface area contributed by atoms with Crippen LogP contribution in [0.2, 0.25) is 0 Å². The summed E-state index contributed by atoms with van der Waals surface area (Å²) in [5.41, 5.74) is 1.39. The summed E-state index contributed by atoms with van der Waals surface area (Å²) < 4.78 is 7.37. The number of carbonyl (C=O) groups is 1. The molecule has 0 N–H and O–H groups in total. The molecule has 3 nitrogen and oxygen atoms in total. The molecule has 2 heterocycles. The summed E-state index contributed by atoms with van der Waals surface area (Å²) >= 11 is 8.22. The molecule has 0 atom stereocenters. The zero-order valence-corrected chi connectivity index (χ0v) is 14.7. The third kappa shape index (κ3) is 3.17. The number of Topliss-reactive ketones (excluding diaryl/α,β-unsaturated/α-hetero) is 1. The highest BCUT2D eigenvalue weighted by Crippen LogP contribution is 2.32. The van der Waals surface area contributed by atoms with Gasteiger partial charge < -0.3 is 4.74 Å². The summed E-state index contributed by atoms with van der Waals surface area (Å²) in [4.78, 5) is 16.5. The maximum atomic E-state index is 12.2. The van der Waals surface area contributed by atoms with E-state index in [0.717, 1.165) is 18.5 Å². The molecule has 0 fully saturated rings. The number of benzene rings is 1. The third-order valence-electron chi connectivity index (χ3n) is 2.91. The van der Waals surface area contributed by atoms with Crippen molar-refractivity contribution >= 4 is 59.9 Å². The van der Waals surface area contributed by atoms with Crippen molar-refractivity contribution < 1.29 is 9.53 Å². The lowest BCUT2D eigenvalue weighted by atomic mass is 10.2. The maximum Gasteiger partial charge on any atom is 0.202 e. The number of aromatic nitrogens is 1. The Hall–Kier alpha value is -1.24. The number of hydrogen-bond acceptors (Lipinski definition) is 4. The van der Waals surface area contributed by atoms with Crippen LogP contribution in [0.1, 0.15) is 10.4 Å². The topological polar surface area (TPSA) is 39.2 Å². The zero-order chi connectivity index (χ0) is 14.8. The number of halogens is 2. The van der Waals surface area contributed by atoms with Gasteiger partial charge in [0.15, 0.2) is 6.61 Å². The predicted octanol–water partition coefficient (Wildman–Crippen LogP) is 5.08. The van der Waals surface area contributed by atoms with Gasteiger partial charge in [-0.2, -0.15) is 0 Å². The number of ether oxygens (including phenoxy) is 1. The fraction of sp³-hybridized carbons (Fsp3) is 0.0667. The molecule has 3 aromatic rings. The van der Waals surface area contributed by atoms with Crippen LogP contribution in [0.25, 0.3) is 10.9 Å². The molecule has 2 aromatic heterocycles. The van der Waals surface area contributed by atoms with Gasteiger partial charge in [-0.25, -0.2) is 0 Å². The summed E-state index contributed by atoms with van der Waals surface area (Å²) in [6.07, 6.45) is 1.71. The molecular formula is C15H9Br2NO2S. The molecule has 3 rings (SSSR count). The van der Waals surface area contributed by atoms with Crippen molar-refractivity contribution in [3.8, 4) is 5.75 Å². The van der Waals surface area contributed by atoms with Gasteiger partial charge in [-0.15, -0.1) is 11.3 Å². The molecule has 0 radical (unpaired) electrons. The molecule has 6 heteroatoms. The van der Waals surface area contributed by atoms with E-state index in [9.17, 15) is 4.79 Å². The Balaban J connectivity index is 1.81. The van der Waals surface area contributed by atoms with Crippen molar-refractivity contribution in [1.82, 2.24) is 4.98 Å². The van der Waals surface area contributed by atoms with Crippen LogP contribution < -0.4 is 4.74 Å². The van der Waals surface area contributed by atoms with E-state index in [0.29, 0.717) is 11.3 Å². The minimum Gasteiger partial charge on any atom is -0.483 e. The monoisotopic (exact) mass is 425 g/mol. The van der Waals surface area contributed by atoms with E-state index in [1.54, 1.807) is 12.3 Å². The third-order valence-corrected chi connectivity index (χ3v) is 5.25. The van der Waals surface area contributed by atoms with Gasteiger partial charge in [0.1, 0.15) is 11.3 Å². The number of ketones is 1. The number of para-hydroxylation sites is 1. The summed E-state index contributed by atoms with van der Waals surface area (Å²) in [6.45, 7) is -0.0164. The summed E-state index contributed by atoms with van der Waals surface area (Å²) in [7, 11) is 0. The standard InChI is InChI=1S/C15H9Br2NO2S/c16-13-7-10(15(17)21-13)11(19)8-20-12-5-1-3-9-4-2-6-18-14(9)12/h1-7H,8H2. The lowest BCUT2D eigenvalue weighted by molar-refractivity contribution is 0.0922. The minimum atomic E-state index is -0.0724. The molecule has 0 aliphatic heterocycles. The minimum absolute atomic E-state index is 0.0164. The van der Waals surface area contributed by atoms with Gasteiger partial charge in [0.2, 0.25) is 5.78 Å². The van der Waals surface area contributed by atoms with Gasteiger partial charge in [-0.1, -0.05) is 18.2 Å². The molecule has 0 aliphatic rings. The number of nitrogens with zero attached hydrogens (tertiary/aromatic N) is 1. The second-order valence-corrected chi connectivity index (χ2v) is 8.03. The largest absolute Gasteiger partial charge is 0.483 e. The Bertz CT molecular complexity index is 811. The highest BCUT2D eigenvalue weighted by atomic mass is 79.9. The Kier molecular flexibility index (Phi) is 4.37. The van der Waals surface area contributed by atoms with Crippen molar-refractivity contribution in [2.45, 2.75) is 0 Å². The SMILES string of the molecule is O=C(COc1cccc2cccnc12)c1cc(Br)sc1Br. The van der Waals surface area contributed by atoms with Crippen molar-refractivity contribution in [2.24, 2.45) is 0 Å². The lowest BCUT2D eigenvalue weighted by Crippen LogP contribution is -2.11. The van der Waals surface area contributed by atoms with Gasteiger partial charge in [-0.3, -0.25) is 9.78 Å². The van der Waals surface area contributed by atoms with Crippen LogP contribution in [0.4, 0.5) is 0 Å². The molecular weight excluding hydrogens is 418 g/mol. The van der Waals surface area contributed by atoms with Crippen LogP contribution in [0, 0.1) is 0 Å². The van der Waals surface area contributed by atoms with Crippen molar-refractivity contribution in [3.63, 3.8) is 0 Å². The van der Waals surface area contributed by atoms with E-state index < -0.39 is 0 Å². The fourth-order valence-electron chi connectivity index (χ4n) is 1.94.